The zero-order chi connectivity index (χ0) is 13.0. The van der Waals surface area contributed by atoms with Gasteiger partial charge in [-0.25, -0.2) is 4.39 Å². The molecule has 2 heterocycles. The number of hydrogen-bond acceptors (Lipinski definition) is 3. The van der Waals surface area contributed by atoms with E-state index in [0.29, 0.717) is 0 Å². The molecule has 96 valence electrons. The summed E-state index contributed by atoms with van der Waals surface area (Å²) in [7, 11) is 0. The Hall–Kier alpha value is -1.68. The van der Waals surface area contributed by atoms with Gasteiger partial charge in [0.25, 0.3) is 0 Å². The monoisotopic (exact) mass is 248 g/mol. The fourth-order valence-corrected chi connectivity index (χ4v) is 1.93. The van der Waals surface area contributed by atoms with Crippen molar-refractivity contribution in [1.29, 1.82) is 0 Å². The van der Waals surface area contributed by atoms with Gasteiger partial charge in [0, 0.05) is 6.04 Å². The van der Waals surface area contributed by atoms with E-state index < -0.39 is 0 Å². The van der Waals surface area contributed by atoms with Gasteiger partial charge < -0.3 is 4.42 Å². The minimum absolute atomic E-state index is 0.0886. The molecule has 0 saturated heterocycles. The van der Waals surface area contributed by atoms with Crippen LogP contribution < -0.4 is 5.32 Å². The SMILES string of the molecule is CCC(NC(C)c1ccco1)c1ccc(F)cn1. The fourth-order valence-electron chi connectivity index (χ4n) is 1.93. The Morgan fingerprint density at radius 3 is 2.78 bits per heavy atom. The predicted octanol–water partition coefficient (Wildman–Crippen LogP) is 3.62. The van der Waals surface area contributed by atoms with Gasteiger partial charge in [-0.05, 0) is 37.6 Å². The molecule has 0 amide bonds. The third-order valence-corrected chi connectivity index (χ3v) is 2.94. The second-order valence-electron chi connectivity index (χ2n) is 4.27. The van der Waals surface area contributed by atoms with Crippen LogP contribution >= 0.6 is 0 Å². The minimum Gasteiger partial charge on any atom is -0.468 e. The maximum atomic E-state index is 12.8. The summed E-state index contributed by atoms with van der Waals surface area (Å²) in [5, 5.41) is 3.43. The fraction of sp³-hybridized carbons (Fsp3) is 0.357. The Morgan fingerprint density at radius 1 is 1.39 bits per heavy atom. The van der Waals surface area contributed by atoms with Gasteiger partial charge in [-0.2, -0.15) is 0 Å². The van der Waals surface area contributed by atoms with Gasteiger partial charge in [0.15, 0.2) is 0 Å². The number of furan rings is 1. The van der Waals surface area contributed by atoms with Crippen molar-refractivity contribution in [2.45, 2.75) is 32.4 Å². The van der Waals surface area contributed by atoms with Crippen LogP contribution in [0.25, 0.3) is 0 Å². The zero-order valence-electron chi connectivity index (χ0n) is 10.6. The summed E-state index contributed by atoms with van der Waals surface area (Å²) < 4.78 is 18.2. The number of nitrogens with zero attached hydrogens (tertiary/aromatic N) is 1. The molecule has 4 heteroatoms. The standard InChI is InChI=1S/C14H17FN2O/c1-3-12(13-7-6-11(15)9-16-13)17-10(2)14-5-4-8-18-14/h4-10,12,17H,3H2,1-2H3. The Morgan fingerprint density at radius 2 is 2.22 bits per heavy atom. The van der Waals surface area contributed by atoms with E-state index >= 15 is 0 Å². The average Bonchev–Trinajstić information content (AvgIpc) is 2.91. The van der Waals surface area contributed by atoms with Gasteiger partial charge in [0.2, 0.25) is 0 Å². The highest BCUT2D eigenvalue weighted by Gasteiger charge is 2.16. The highest BCUT2D eigenvalue weighted by Crippen LogP contribution is 2.21. The summed E-state index contributed by atoms with van der Waals surface area (Å²) in [6, 6.07) is 7.13. The van der Waals surface area contributed by atoms with Crippen molar-refractivity contribution in [3.63, 3.8) is 0 Å². The molecule has 0 aliphatic heterocycles. The van der Waals surface area contributed by atoms with Gasteiger partial charge >= 0.3 is 0 Å². The molecule has 0 bridgehead atoms. The molecule has 0 saturated carbocycles. The summed E-state index contributed by atoms with van der Waals surface area (Å²) in [6.45, 7) is 4.10. The molecule has 0 radical (unpaired) electrons. The van der Waals surface area contributed by atoms with Crippen molar-refractivity contribution in [3.8, 4) is 0 Å². The Kier molecular flexibility index (Phi) is 4.10. The van der Waals surface area contributed by atoms with Crippen LogP contribution in [0.5, 0.6) is 0 Å². The van der Waals surface area contributed by atoms with Crippen molar-refractivity contribution in [2.75, 3.05) is 0 Å². The topological polar surface area (TPSA) is 38.1 Å². The number of pyridine rings is 1. The van der Waals surface area contributed by atoms with Crippen molar-refractivity contribution < 1.29 is 8.81 Å². The molecule has 2 aromatic heterocycles. The predicted molar refractivity (Wildman–Crippen MR) is 67.5 cm³/mol. The van der Waals surface area contributed by atoms with Crippen LogP contribution in [0.2, 0.25) is 0 Å². The first-order valence-corrected chi connectivity index (χ1v) is 6.11. The van der Waals surface area contributed by atoms with Crippen LogP contribution in [-0.4, -0.2) is 4.98 Å². The molecule has 2 atom stereocenters. The molecule has 3 nitrogen and oxygen atoms in total. The van der Waals surface area contributed by atoms with Gasteiger partial charge in [0.1, 0.15) is 11.6 Å². The lowest BCUT2D eigenvalue weighted by molar-refractivity contribution is 0.382. The van der Waals surface area contributed by atoms with Crippen molar-refractivity contribution >= 4 is 0 Å². The molecule has 0 spiro atoms. The normalized spacial score (nSPS) is 14.4. The summed E-state index contributed by atoms with van der Waals surface area (Å²) in [5.74, 6) is 0.572. The summed E-state index contributed by atoms with van der Waals surface area (Å²) in [6.07, 6.45) is 3.78. The molecule has 18 heavy (non-hydrogen) atoms. The number of aromatic nitrogens is 1. The second-order valence-corrected chi connectivity index (χ2v) is 4.27. The smallest absolute Gasteiger partial charge is 0.141 e. The van der Waals surface area contributed by atoms with E-state index in [4.69, 9.17) is 4.42 Å². The van der Waals surface area contributed by atoms with Crippen LogP contribution in [0, 0.1) is 5.82 Å². The third kappa shape index (κ3) is 2.96. The Balaban J connectivity index is 2.07. The third-order valence-electron chi connectivity index (χ3n) is 2.94. The number of hydrogen-bond donors (Lipinski definition) is 1. The van der Waals surface area contributed by atoms with E-state index in [-0.39, 0.29) is 17.9 Å². The first kappa shape index (κ1) is 12.8. The average molecular weight is 248 g/mol. The van der Waals surface area contributed by atoms with E-state index in [0.717, 1.165) is 17.9 Å². The van der Waals surface area contributed by atoms with Crippen LogP contribution in [0.15, 0.2) is 41.1 Å². The number of halogens is 1. The molecule has 0 aliphatic rings. The van der Waals surface area contributed by atoms with Crippen LogP contribution in [-0.2, 0) is 0 Å². The highest BCUT2D eigenvalue weighted by atomic mass is 19.1. The van der Waals surface area contributed by atoms with Gasteiger partial charge in [-0.1, -0.05) is 6.92 Å². The Labute approximate surface area is 106 Å². The lowest BCUT2D eigenvalue weighted by Gasteiger charge is -2.20. The summed E-state index contributed by atoms with van der Waals surface area (Å²) in [4.78, 5) is 4.12. The van der Waals surface area contributed by atoms with Crippen molar-refractivity contribution in [2.24, 2.45) is 0 Å². The van der Waals surface area contributed by atoms with Gasteiger partial charge in [-0.15, -0.1) is 0 Å². The van der Waals surface area contributed by atoms with E-state index in [1.165, 1.54) is 12.3 Å². The van der Waals surface area contributed by atoms with Crippen LogP contribution in [0.4, 0.5) is 4.39 Å². The largest absolute Gasteiger partial charge is 0.468 e. The molecule has 2 unspecified atom stereocenters. The molecule has 1 N–H and O–H groups in total. The first-order valence-electron chi connectivity index (χ1n) is 6.11. The Bertz CT molecular complexity index is 467. The highest BCUT2D eigenvalue weighted by molar-refractivity contribution is 5.11. The quantitative estimate of drug-likeness (QED) is 0.878. The summed E-state index contributed by atoms with van der Waals surface area (Å²) in [5.41, 5.74) is 0.845. The van der Waals surface area contributed by atoms with E-state index in [1.807, 2.05) is 19.1 Å². The maximum Gasteiger partial charge on any atom is 0.141 e. The zero-order valence-corrected chi connectivity index (χ0v) is 10.6. The maximum absolute atomic E-state index is 12.8. The van der Waals surface area contributed by atoms with Gasteiger partial charge in [-0.3, -0.25) is 10.3 Å². The first-order chi connectivity index (χ1) is 8.70. The molecule has 2 rings (SSSR count). The second kappa shape index (κ2) is 5.78. The molecular formula is C14H17FN2O. The van der Waals surface area contributed by atoms with E-state index in [2.05, 4.69) is 17.2 Å². The van der Waals surface area contributed by atoms with Crippen molar-refractivity contribution in [3.05, 3.63) is 54.0 Å². The van der Waals surface area contributed by atoms with Crippen molar-refractivity contribution in [1.82, 2.24) is 10.3 Å². The molecule has 2 aromatic rings. The lowest BCUT2D eigenvalue weighted by atomic mass is 10.1. The summed E-state index contributed by atoms with van der Waals surface area (Å²) >= 11 is 0. The van der Waals surface area contributed by atoms with Crippen LogP contribution in [0.1, 0.15) is 43.8 Å². The number of rotatable bonds is 5. The molecular weight excluding hydrogens is 231 g/mol. The molecule has 0 fully saturated rings. The molecule has 0 aromatic carbocycles. The molecule has 0 aliphatic carbocycles. The van der Waals surface area contributed by atoms with Gasteiger partial charge in [0.05, 0.1) is 24.2 Å². The van der Waals surface area contributed by atoms with E-state index in [9.17, 15) is 4.39 Å². The lowest BCUT2D eigenvalue weighted by Crippen LogP contribution is -2.24. The minimum atomic E-state index is -0.312. The number of nitrogens with one attached hydrogen (secondary N) is 1. The van der Waals surface area contributed by atoms with E-state index in [1.54, 1.807) is 12.3 Å². The van der Waals surface area contributed by atoms with Crippen LogP contribution in [0.3, 0.4) is 0 Å².